The smallest absolute Gasteiger partial charge is 0.248 e. The molecule has 4 heteroatoms. The van der Waals surface area contributed by atoms with Gasteiger partial charge in [-0.15, -0.1) is 0 Å². The van der Waals surface area contributed by atoms with Gasteiger partial charge in [0, 0.05) is 6.54 Å². The lowest BCUT2D eigenvalue weighted by molar-refractivity contribution is -0.151. The first kappa shape index (κ1) is 13.7. The van der Waals surface area contributed by atoms with Crippen molar-refractivity contribution in [2.45, 2.75) is 63.3 Å². The quantitative estimate of drug-likeness (QED) is 0.803. The van der Waals surface area contributed by atoms with Crippen LogP contribution in [0.2, 0.25) is 0 Å². The highest BCUT2D eigenvalue weighted by atomic mass is 16.2. The molecule has 20 heavy (non-hydrogen) atoms. The zero-order valence-electron chi connectivity index (χ0n) is 12.1. The van der Waals surface area contributed by atoms with Crippen LogP contribution in [-0.2, 0) is 9.59 Å². The maximum Gasteiger partial charge on any atom is 0.248 e. The molecule has 2 aliphatic carbocycles. The van der Waals surface area contributed by atoms with Crippen molar-refractivity contribution in [3.8, 4) is 0 Å². The van der Waals surface area contributed by atoms with Gasteiger partial charge in [-0.3, -0.25) is 9.59 Å². The second-order valence-electron chi connectivity index (χ2n) is 6.42. The van der Waals surface area contributed by atoms with Gasteiger partial charge < -0.3 is 10.2 Å². The molecule has 2 fully saturated rings. The van der Waals surface area contributed by atoms with Crippen molar-refractivity contribution in [1.82, 2.24) is 10.2 Å². The molecular weight excluding hydrogens is 252 g/mol. The fourth-order valence-corrected chi connectivity index (χ4v) is 3.83. The number of carbonyl (C=O) groups is 2. The summed E-state index contributed by atoms with van der Waals surface area (Å²) in [6.07, 6.45) is 11.7. The number of nitrogens with one attached hydrogen (secondary N) is 1. The highest BCUT2D eigenvalue weighted by Gasteiger charge is 2.46. The minimum absolute atomic E-state index is 0.0203. The van der Waals surface area contributed by atoms with Gasteiger partial charge in [-0.25, -0.2) is 0 Å². The molecule has 1 saturated heterocycles. The van der Waals surface area contributed by atoms with Gasteiger partial charge in [-0.1, -0.05) is 30.9 Å². The molecule has 1 saturated carbocycles. The summed E-state index contributed by atoms with van der Waals surface area (Å²) in [5.41, 5.74) is 0.888. The normalized spacial score (nSPS) is 25.8. The van der Waals surface area contributed by atoms with E-state index in [4.69, 9.17) is 0 Å². The van der Waals surface area contributed by atoms with Crippen LogP contribution in [0.5, 0.6) is 0 Å². The number of nitrogens with zero attached hydrogens (tertiary/aromatic N) is 1. The summed E-state index contributed by atoms with van der Waals surface area (Å²) in [5.74, 6) is 0.183. The Morgan fingerprint density at radius 3 is 2.65 bits per heavy atom. The molecule has 2 amide bonds. The Kier molecular flexibility index (Phi) is 3.81. The molecule has 0 aromatic carbocycles. The lowest BCUT2D eigenvalue weighted by atomic mass is 9.79. The number of amides is 2. The first-order valence-corrected chi connectivity index (χ1v) is 7.98. The van der Waals surface area contributed by atoms with Gasteiger partial charge in [0.15, 0.2) is 0 Å². The summed E-state index contributed by atoms with van der Waals surface area (Å²) in [6, 6.07) is 0. The van der Waals surface area contributed by atoms with Gasteiger partial charge in [0.05, 0.1) is 6.54 Å². The molecule has 0 aromatic heterocycles. The highest BCUT2D eigenvalue weighted by Crippen LogP contribution is 2.32. The largest absolute Gasteiger partial charge is 0.340 e. The molecule has 0 atom stereocenters. The van der Waals surface area contributed by atoms with Crippen molar-refractivity contribution in [3.05, 3.63) is 11.6 Å². The Morgan fingerprint density at radius 2 is 1.95 bits per heavy atom. The minimum Gasteiger partial charge on any atom is -0.340 e. The van der Waals surface area contributed by atoms with Gasteiger partial charge in [-0.2, -0.15) is 0 Å². The zero-order chi connectivity index (χ0) is 14.0. The first-order valence-electron chi connectivity index (χ1n) is 7.98. The summed E-state index contributed by atoms with van der Waals surface area (Å²) in [7, 11) is 0. The second kappa shape index (κ2) is 5.58. The minimum atomic E-state index is -0.572. The molecular formula is C16H24N2O2. The average Bonchev–Trinajstić information content (AvgIpc) is 2.95. The fraction of sp³-hybridized carbons (Fsp3) is 0.750. The molecule has 0 radical (unpaired) electrons. The van der Waals surface area contributed by atoms with Crippen molar-refractivity contribution in [3.63, 3.8) is 0 Å². The second-order valence-corrected chi connectivity index (χ2v) is 6.42. The topological polar surface area (TPSA) is 49.4 Å². The van der Waals surface area contributed by atoms with Gasteiger partial charge in [0.25, 0.3) is 0 Å². The molecule has 1 aliphatic heterocycles. The summed E-state index contributed by atoms with van der Waals surface area (Å²) in [4.78, 5) is 26.5. The van der Waals surface area contributed by atoms with Gasteiger partial charge in [0.1, 0.15) is 5.54 Å². The van der Waals surface area contributed by atoms with Crippen LogP contribution >= 0.6 is 0 Å². The monoisotopic (exact) mass is 276 g/mol. The molecule has 1 N–H and O–H groups in total. The van der Waals surface area contributed by atoms with Crippen LogP contribution in [0.15, 0.2) is 11.6 Å². The van der Waals surface area contributed by atoms with E-state index in [-0.39, 0.29) is 18.4 Å². The van der Waals surface area contributed by atoms with Crippen LogP contribution in [0, 0.1) is 0 Å². The third-order valence-electron chi connectivity index (χ3n) is 4.95. The van der Waals surface area contributed by atoms with Gasteiger partial charge in [0.2, 0.25) is 11.8 Å². The van der Waals surface area contributed by atoms with E-state index >= 15 is 0 Å². The van der Waals surface area contributed by atoms with Crippen LogP contribution < -0.4 is 5.32 Å². The SMILES string of the molecule is O=C1CN(CCC2=CCCC2)C(=O)C2(CCCCC2)N1. The van der Waals surface area contributed by atoms with Crippen molar-refractivity contribution in [2.75, 3.05) is 13.1 Å². The van der Waals surface area contributed by atoms with Crippen molar-refractivity contribution in [1.29, 1.82) is 0 Å². The van der Waals surface area contributed by atoms with Gasteiger partial charge in [-0.05, 0) is 38.5 Å². The summed E-state index contributed by atoms with van der Waals surface area (Å²) >= 11 is 0. The third-order valence-corrected chi connectivity index (χ3v) is 4.95. The number of hydrogen-bond acceptors (Lipinski definition) is 2. The summed E-state index contributed by atoms with van der Waals surface area (Å²) < 4.78 is 0. The van der Waals surface area contributed by atoms with E-state index in [2.05, 4.69) is 11.4 Å². The van der Waals surface area contributed by atoms with E-state index in [1.165, 1.54) is 31.3 Å². The van der Waals surface area contributed by atoms with Crippen LogP contribution in [0.25, 0.3) is 0 Å². The van der Waals surface area contributed by atoms with Gasteiger partial charge >= 0.3 is 0 Å². The van der Waals surface area contributed by atoms with Crippen molar-refractivity contribution >= 4 is 11.8 Å². The van der Waals surface area contributed by atoms with E-state index in [0.29, 0.717) is 6.54 Å². The standard InChI is InChI=1S/C16H24N2O2/c19-14-12-18(11-8-13-6-2-3-7-13)15(20)16(17-14)9-4-1-5-10-16/h6H,1-5,7-12H2,(H,17,19). The van der Waals surface area contributed by atoms with Crippen LogP contribution in [0.4, 0.5) is 0 Å². The van der Waals surface area contributed by atoms with E-state index in [1.807, 2.05) is 0 Å². The fourth-order valence-electron chi connectivity index (χ4n) is 3.83. The van der Waals surface area contributed by atoms with Crippen LogP contribution in [0.1, 0.15) is 57.8 Å². The summed E-state index contributed by atoms with van der Waals surface area (Å²) in [6.45, 7) is 0.952. The van der Waals surface area contributed by atoms with Crippen molar-refractivity contribution in [2.24, 2.45) is 0 Å². The summed E-state index contributed by atoms with van der Waals surface area (Å²) in [5, 5.41) is 2.99. The Bertz CT molecular complexity index is 436. The number of allylic oxidation sites excluding steroid dienone is 1. The van der Waals surface area contributed by atoms with Crippen LogP contribution in [-0.4, -0.2) is 35.3 Å². The molecule has 0 unspecified atom stereocenters. The molecule has 3 rings (SSSR count). The average molecular weight is 276 g/mol. The maximum absolute atomic E-state index is 12.7. The molecule has 4 nitrogen and oxygen atoms in total. The van der Waals surface area contributed by atoms with Crippen molar-refractivity contribution < 1.29 is 9.59 Å². The molecule has 0 bridgehead atoms. The van der Waals surface area contributed by atoms with E-state index in [9.17, 15) is 9.59 Å². The highest BCUT2D eigenvalue weighted by molar-refractivity contribution is 5.98. The molecule has 1 spiro atoms. The third kappa shape index (κ3) is 2.60. The predicted molar refractivity (Wildman–Crippen MR) is 77.1 cm³/mol. The Labute approximate surface area is 120 Å². The predicted octanol–water partition coefficient (Wildman–Crippen LogP) is 2.15. The number of hydrogen-bond donors (Lipinski definition) is 1. The van der Waals surface area contributed by atoms with E-state index in [0.717, 1.165) is 32.1 Å². The lowest BCUT2D eigenvalue weighted by Crippen LogP contribution is -2.67. The van der Waals surface area contributed by atoms with Crippen LogP contribution in [0.3, 0.4) is 0 Å². The number of piperazine rings is 1. The molecule has 3 aliphatic rings. The molecule has 110 valence electrons. The maximum atomic E-state index is 12.7. The van der Waals surface area contributed by atoms with E-state index < -0.39 is 5.54 Å². The lowest BCUT2D eigenvalue weighted by Gasteiger charge is -2.44. The number of carbonyl (C=O) groups excluding carboxylic acids is 2. The van der Waals surface area contributed by atoms with E-state index in [1.54, 1.807) is 4.90 Å². The Morgan fingerprint density at radius 1 is 1.15 bits per heavy atom. The number of rotatable bonds is 3. The zero-order valence-corrected chi connectivity index (χ0v) is 12.1. The Hall–Kier alpha value is -1.32. The molecule has 1 heterocycles. The Balaban J connectivity index is 1.66. The molecule has 0 aromatic rings. The first-order chi connectivity index (χ1) is 9.70.